The van der Waals surface area contributed by atoms with E-state index < -0.39 is 0 Å². The molecule has 0 fully saturated rings. The largest absolute Gasteiger partial charge is 0.352 e. The number of nitrogens with zero attached hydrogens (tertiary/aromatic N) is 4. The van der Waals surface area contributed by atoms with Crippen LogP contribution in [0, 0.1) is 13.8 Å². The summed E-state index contributed by atoms with van der Waals surface area (Å²) < 4.78 is 2.63. The molecule has 8 heteroatoms. The third-order valence-corrected chi connectivity index (χ3v) is 6.58. The molecule has 0 radical (unpaired) electrons. The molecular weight excluding hydrogens is 434 g/mol. The Hall–Kier alpha value is -3.39. The number of hydrogen-bond acceptors (Lipinski definition) is 5. The molecule has 0 saturated carbocycles. The third-order valence-electron chi connectivity index (χ3n) is 5.42. The quantitative estimate of drug-likeness (QED) is 0.432. The highest BCUT2D eigenvalue weighted by atomic mass is 32.2. The molecule has 4 rings (SSSR count). The number of nitrogens with one attached hydrogen (secondary N) is 1. The van der Waals surface area contributed by atoms with Gasteiger partial charge in [-0.25, -0.2) is 18.9 Å². The van der Waals surface area contributed by atoms with E-state index in [-0.39, 0.29) is 24.2 Å². The van der Waals surface area contributed by atoms with Crippen molar-refractivity contribution in [2.75, 3.05) is 0 Å². The monoisotopic (exact) mass is 461 g/mol. The normalized spacial score (nSPS) is 12.1. The Balaban J connectivity index is 1.46. The van der Waals surface area contributed by atoms with Crippen molar-refractivity contribution >= 4 is 23.3 Å². The van der Waals surface area contributed by atoms with Crippen molar-refractivity contribution in [3.05, 3.63) is 88.1 Å². The minimum absolute atomic E-state index is 0.0114. The van der Waals surface area contributed by atoms with E-state index in [2.05, 4.69) is 40.5 Å². The number of benzene rings is 2. The molecule has 0 unspecified atom stereocenters. The van der Waals surface area contributed by atoms with E-state index in [1.165, 1.54) is 32.0 Å². The van der Waals surface area contributed by atoms with Gasteiger partial charge >= 0.3 is 5.69 Å². The average Bonchev–Trinajstić information content (AvgIpc) is 3.11. The van der Waals surface area contributed by atoms with Gasteiger partial charge in [-0.15, -0.1) is 5.10 Å². The van der Waals surface area contributed by atoms with Crippen LogP contribution in [0.25, 0.3) is 5.65 Å². The molecule has 2 aromatic carbocycles. The van der Waals surface area contributed by atoms with Crippen LogP contribution in [0.1, 0.15) is 30.0 Å². The zero-order valence-electron chi connectivity index (χ0n) is 19.0. The first kappa shape index (κ1) is 22.8. The number of rotatable bonds is 8. The minimum Gasteiger partial charge on any atom is -0.352 e. The van der Waals surface area contributed by atoms with Crippen molar-refractivity contribution in [1.29, 1.82) is 0 Å². The lowest BCUT2D eigenvalue weighted by Crippen LogP contribution is -2.37. The number of amides is 1. The van der Waals surface area contributed by atoms with E-state index in [0.717, 1.165) is 23.3 Å². The van der Waals surface area contributed by atoms with Crippen LogP contribution in [0.15, 0.2) is 75.6 Å². The Morgan fingerprint density at radius 2 is 1.94 bits per heavy atom. The van der Waals surface area contributed by atoms with Crippen molar-refractivity contribution in [3.8, 4) is 0 Å². The standard InChI is InChI=1S/C25H27N5O2S/c1-17-9-12-21(18(2)15-17)33-24-23-28-30(25(32)29(23)14-13-26-24)16-22(31)27-19(3)10-11-20-7-5-4-6-8-20/h4-9,12-15,19H,10-11,16H2,1-3H3,(H,27,31)/t19-/m0/s1. The van der Waals surface area contributed by atoms with Gasteiger partial charge in [0.25, 0.3) is 0 Å². The fourth-order valence-corrected chi connectivity index (χ4v) is 4.58. The van der Waals surface area contributed by atoms with E-state index in [1.54, 1.807) is 12.4 Å². The second-order valence-corrected chi connectivity index (χ2v) is 9.26. The lowest BCUT2D eigenvalue weighted by Gasteiger charge is -2.13. The average molecular weight is 462 g/mol. The Bertz CT molecular complexity index is 1330. The van der Waals surface area contributed by atoms with Gasteiger partial charge in [0.1, 0.15) is 11.6 Å². The first-order chi connectivity index (χ1) is 15.9. The molecule has 0 bridgehead atoms. The second kappa shape index (κ2) is 10.0. The molecule has 170 valence electrons. The summed E-state index contributed by atoms with van der Waals surface area (Å²) in [6.45, 7) is 5.93. The molecule has 4 aromatic rings. The zero-order valence-corrected chi connectivity index (χ0v) is 19.8. The summed E-state index contributed by atoms with van der Waals surface area (Å²) in [4.78, 5) is 30.9. The number of carbonyl (C=O) groups is 1. The summed E-state index contributed by atoms with van der Waals surface area (Å²) >= 11 is 1.46. The van der Waals surface area contributed by atoms with Crippen molar-refractivity contribution < 1.29 is 4.79 Å². The van der Waals surface area contributed by atoms with Crippen LogP contribution in [-0.2, 0) is 17.8 Å². The van der Waals surface area contributed by atoms with Gasteiger partial charge in [0, 0.05) is 23.3 Å². The first-order valence-corrected chi connectivity index (χ1v) is 11.7. The van der Waals surface area contributed by atoms with Gasteiger partial charge in [0.05, 0.1) is 0 Å². The number of hydrogen-bond donors (Lipinski definition) is 1. The zero-order chi connectivity index (χ0) is 23.4. The van der Waals surface area contributed by atoms with Gasteiger partial charge in [-0.3, -0.25) is 4.79 Å². The second-order valence-electron chi connectivity index (χ2n) is 8.23. The van der Waals surface area contributed by atoms with E-state index in [4.69, 9.17) is 0 Å². The van der Waals surface area contributed by atoms with Crippen LogP contribution >= 0.6 is 11.8 Å². The minimum atomic E-state index is -0.359. The summed E-state index contributed by atoms with van der Waals surface area (Å²) in [5.74, 6) is -0.238. The highest BCUT2D eigenvalue weighted by Gasteiger charge is 2.16. The topological polar surface area (TPSA) is 81.3 Å². The summed E-state index contributed by atoms with van der Waals surface area (Å²) in [7, 11) is 0. The van der Waals surface area contributed by atoms with E-state index in [1.807, 2.05) is 44.2 Å². The number of aromatic nitrogens is 4. The Labute approximate surface area is 196 Å². The van der Waals surface area contributed by atoms with Crippen LogP contribution in [0.2, 0.25) is 0 Å². The molecule has 2 heterocycles. The number of carbonyl (C=O) groups excluding carboxylic acids is 1. The SMILES string of the molecule is Cc1ccc(Sc2nccn3c(=O)n(CC(=O)N[C@@H](C)CCc4ccccc4)nc23)c(C)c1. The summed E-state index contributed by atoms with van der Waals surface area (Å²) in [6.07, 6.45) is 4.85. The molecule has 0 saturated heterocycles. The predicted octanol–water partition coefficient (Wildman–Crippen LogP) is 3.80. The van der Waals surface area contributed by atoms with Crippen molar-refractivity contribution in [3.63, 3.8) is 0 Å². The van der Waals surface area contributed by atoms with Gasteiger partial charge in [0.2, 0.25) is 5.91 Å². The Morgan fingerprint density at radius 3 is 2.70 bits per heavy atom. The number of fused-ring (bicyclic) bond motifs is 1. The lowest BCUT2D eigenvalue weighted by molar-refractivity contribution is -0.122. The van der Waals surface area contributed by atoms with Crippen LogP contribution in [0.5, 0.6) is 0 Å². The molecule has 7 nitrogen and oxygen atoms in total. The van der Waals surface area contributed by atoms with Gasteiger partial charge in [-0.1, -0.05) is 59.8 Å². The smallest absolute Gasteiger partial charge is 0.350 e. The number of aryl methyl sites for hydroxylation is 3. The summed E-state index contributed by atoms with van der Waals surface area (Å²) in [5.41, 5.74) is 3.64. The van der Waals surface area contributed by atoms with Crippen LogP contribution in [0.4, 0.5) is 0 Å². The highest BCUT2D eigenvalue weighted by molar-refractivity contribution is 7.99. The molecule has 0 spiro atoms. The van der Waals surface area contributed by atoms with Crippen molar-refractivity contribution in [2.24, 2.45) is 0 Å². The first-order valence-electron chi connectivity index (χ1n) is 10.9. The van der Waals surface area contributed by atoms with E-state index >= 15 is 0 Å². The van der Waals surface area contributed by atoms with E-state index in [9.17, 15) is 9.59 Å². The lowest BCUT2D eigenvalue weighted by atomic mass is 10.1. The van der Waals surface area contributed by atoms with Gasteiger partial charge in [-0.2, -0.15) is 0 Å². The molecule has 0 aliphatic carbocycles. The summed E-state index contributed by atoms with van der Waals surface area (Å²) in [5, 5.41) is 8.01. The molecule has 0 aliphatic heterocycles. The van der Waals surface area contributed by atoms with Gasteiger partial charge in [0.15, 0.2) is 5.65 Å². The predicted molar refractivity (Wildman–Crippen MR) is 130 cm³/mol. The summed E-state index contributed by atoms with van der Waals surface area (Å²) in [6, 6.07) is 16.3. The molecule has 1 atom stereocenters. The molecule has 33 heavy (non-hydrogen) atoms. The maximum Gasteiger partial charge on any atom is 0.350 e. The van der Waals surface area contributed by atoms with Crippen LogP contribution in [0.3, 0.4) is 0 Å². The van der Waals surface area contributed by atoms with Crippen molar-refractivity contribution in [1.82, 2.24) is 24.5 Å². The van der Waals surface area contributed by atoms with Crippen molar-refractivity contribution in [2.45, 2.75) is 56.1 Å². The van der Waals surface area contributed by atoms with Gasteiger partial charge in [-0.05, 0) is 50.8 Å². The molecule has 0 aliphatic rings. The Morgan fingerprint density at radius 1 is 1.15 bits per heavy atom. The molecular formula is C25H27N5O2S. The Kier molecular flexibility index (Phi) is 6.93. The maximum absolute atomic E-state index is 12.8. The molecule has 1 N–H and O–H groups in total. The third kappa shape index (κ3) is 5.51. The maximum atomic E-state index is 12.8. The fourth-order valence-electron chi connectivity index (χ4n) is 3.68. The van der Waals surface area contributed by atoms with E-state index in [0.29, 0.717) is 10.7 Å². The highest BCUT2D eigenvalue weighted by Crippen LogP contribution is 2.30. The fraction of sp³-hybridized carbons (Fsp3) is 0.280. The molecule has 2 aromatic heterocycles. The van der Waals surface area contributed by atoms with Crippen LogP contribution in [-0.4, -0.2) is 31.1 Å². The van der Waals surface area contributed by atoms with Gasteiger partial charge < -0.3 is 5.32 Å². The molecule has 1 amide bonds. The van der Waals surface area contributed by atoms with Crippen LogP contribution < -0.4 is 11.0 Å².